The summed E-state index contributed by atoms with van der Waals surface area (Å²) < 4.78 is 19.7. The Labute approximate surface area is 110 Å². The van der Waals surface area contributed by atoms with Crippen molar-refractivity contribution < 1.29 is 18.5 Å². The molecule has 0 saturated heterocycles. The highest BCUT2D eigenvalue weighted by atomic mass is 19.1. The van der Waals surface area contributed by atoms with Crippen LogP contribution in [0.4, 0.5) is 4.39 Å². The average molecular weight is 261 g/mol. The normalized spacial score (nSPS) is 10.3. The molecule has 0 spiro atoms. The number of hydrogen-bond acceptors (Lipinski definition) is 3. The van der Waals surface area contributed by atoms with Crippen LogP contribution < -0.4 is 4.57 Å². The average Bonchev–Trinajstić information content (AvgIpc) is 2.38. The van der Waals surface area contributed by atoms with Gasteiger partial charge in [0, 0.05) is 0 Å². The van der Waals surface area contributed by atoms with E-state index < -0.39 is 5.97 Å². The summed E-state index contributed by atoms with van der Waals surface area (Å²) in [5.41, 5.74) is 2.29. The van der Waals surface area contributed by atoms with E-state index >= 15 is 0 Å². The zero-order valence-corrected chi connectivity index (χ0v) is 11.0. The Morgan fingerprint density at radius 3 is 2.79 bits per heavy atom. The third-order valence-electron chi connectivity index (χ3n) is 2.89. The number of carbonyl (C=O) groups excluding carboxylic acids is 1. The minimum Gasteiger partial charge on any atom is -0.464 e. The van der Waals surface area contributed by atoms with E-state index in [0.29, 0.717) is 5.69 Å². The first kappa shape index (κ1) is 13.1. The molecular formula is C14H14FN2O2+. The third-order valence-corrected chi connectivity index (χ3v) is 2.89. The van der Waals surface area contributed by atoms with Crippen LogP contribution in [-0.2, 0) is 11.8 Å². The second kappa shape index (κ2) is 5.14. The van der Waals surface area contributed by atoms with Crippen LogP contribution in [0.2, 0.25) is 0 Å². The van der Waals surface area contributed by atoms with E-state index in [4.69, 9.17) is 4.74 Å². The molecule has 1 aromatic heterocycles. The van der Waals surface area contributed by atoms with Gasteiger partial charge in [-0.1, -0.05) is 0 Å². The molecule has 0 amide bonds. The quantitative estimate of drug-likeness (QED) is 0.611. The summed E-state index contributed by atoms with van der Waals surface area (Å²) in [5.74, 6) is -0.831. The number of esters is 1. The van der Waals surface area contributed by atoms with Gasteiger partial charge in [0.2, 0.25) is 11.4 Å². The standard InChI is InChI=1S/C14H14FN2O2/c1-9-8-10(15)4-5-11(9)13-12(14(18)19-3)16-6-7-17(13)2/h4-8H,1-3H3/q+1. The first-order chi connectivity index (χ1) is 9.04. The fourth-order valence-electron chi connectivity index (χ4n) is 1.97. The minimum absolute atomic E-state index is 0.210. The van der Waals surface area contributed by atoms with E-state index in [1.165, 1.54) is 25.4 Å². The number of aromatic nitrogens is 2. The van der Waals surface area contributed by atoms with E-state index in [-0.39, 0.29) is 11.5 Å². The van der Waals surface area contributed by atoms with E-state index in [1.54, 1.807) is 30.8 Å². The molecule has 1 heterocycles. The molecule has 1 aromatic carbocycles. The zero-order valence-electron chi connectivity index (χ0n) is 11.0. The van der Waals surface area contributed by atoms with Crippen molar-refractivity contribution in [2.45, 2.75) is 6.92 Å². The predicted molar refractivity (Wildman–Crippen MR) is 66.9 cm³/mol. The van der Waals surface area contributed by atoms with Crippen molar-refractivity contribution in [1.82, 2.24) is 4.98 Å². The number of benzene rings is 1. The van der Waals surface area contributed by atoms with Gasteiger partial charge in [0.05, 0.1) is 18.9 Å². The lowest BCUT2D eigenvalue weighted by Gasteiger charge is -2.07. The number of aryl methyl sites for hydroxylation is 2. The molecule has 19 heavy (non-hydrogen) atoms. The lowest BCUT2D eigenvalue weighted by molar-refractivity contribution is -0.661. The molecule has 0 N–H and O–H groups in total. The Bertz CT molecular complexity index is 641. The van der Waals surface area contributed by atoms with Crippen LogP contribution in [0.1, 0.15) is 16.1 Å². The molecule has 4 nitrogen and oxygen atoms in total. The van der Waals surface area contributed by atoms with Crippen molar-refractivity contribution in [3.8, 4) is 11.3 Å². The van der Waals surface area contributed by atoms with E-state index in [2.05, 4.69) is 4.98 Å². The van der Waals surface area contributed by atoms with Gasteiger partial charge in [-0.05, 0) is 30.7 Å². The molecule has 0 radical (unpaired) electrons. The minimum atomic E-state index is -0.519. The highest BCUT2D eigenvalue weighted by Crippen LogP contribution is 2.23. The van der Waals surface area contributed by atoms with Crippen molar-refractivity contribution >= 4 is 5.97 Å². The molecule has 0 fully saturated rings. The highest BCUT2D eigenvalue weighted by molar-refractivity contribution is 5.93. The Morgan fingerprint density at radius 1 is 1.42 bits per heavy atom. The maximum Gasteiger partial charge on any atom is 0.363 e. The lowest BCUT2D eigenvalue weighted by atomic mass is 10.0. The summed E-state index contributed by atoms with van der Waals surface area (Å²) in [4.78, 5) is 15.8. The third kappa shape index (κ3) is 2.45. The van der Waals surface area contributed by atoms with Gasteiger partial charge in [0.15, 0.2) is 6.20 Å². The second-order valence-electron chi connectivity index (χ2n) is 4.19. The predicted octanol–water partition coefficient (Wildman–Crippen LogP) is 1.81. The van der Waals surface area contributed by atoms with Crippen LogP contribution in [0.3, 0.4) is 0 Å². The van der Waals surface area contributed by atoms with Crippen molar-refractivity contribution in [2.24, 2.45) is 7.05 Å². The molecule has 0 aliphatic rings. The van der Waals surface area contributed by atoms with Gasteiger partial charge in [-0.25, -0.2) is 14.2 Å². The molecule has 0 aliphatic carbocycles. The van der Waals surface area contributed by atoms with Gasteiger partial charge < -0.3 is 4.74 Å². The number of rotatable bonds is 2. The van der Waals surface area contributed by atoms with Crippen molar-refractivity contribution in [3.63, 3.8) is 0 Å². The molecule has 2 aromatic rings. The van der Waals surface area contributed by atoms with Gasteiger partial charge in [-0.3, -0.25) is 0 Å². The smallest absolute Gasteiger partial charge is 0.363 e. The summed E-state index contributed by atoms with van der Waals surface area (Å²) in [6, 6.07) is 4.41. The SMILES string of the molecule is COC(=O)c1ncc[n+](C)c1-c1ccc(F)cc1C. The Morgan fingerprint density at radius 2 is 2.16 bits per heavy atom. The first-order valence-corrected chi connectivity index (χ1v) is 5.74. The molecule has 0 aliphatic heterocycles. The highest BCUT2D eigenvalue weighted by Gasteiger charge is 2.25. The lowest BCUT2D eigenvalue weighted by Crippen LogP contribution is -2.34. The van der Waals surface area contributed by atoms with Crippen LogP contribution >= 0.6 is 0 Å². The molecule has 0 atom stereocenters. The zero-order chi connectivity index (χ0) is 14.0. The van der Waals surface area contributed by atoms with Crippen LogP contribution in [0.15, 0.2) is 30.6 Å². The molecule has 0 unspecified atom stereocenters. The van der Waals surface area contributed by atoms with Crippen LogP contribution in [0, 0.1) is 12.7 Å². The van der Waals surface area contributed by atoms with Crippen LogP contribution in [0.5, 0.6) is 0 Å². The monoisotopic (exact) mass is 261 g/mol. The molecule has 0 saturated carbocycles. The number of hydrogen-bond donors (Lipinski definition) is 0. The topological polar surface area (TPSA) is 43.1 Å². The Balaban J connectivity index is 2.70. The van der Waals surface area contributed by atoms with Crippen molar-refractivity contribution in [2.75, 3.05) is 7.11 Å². The molecule has 2 rings (SSSR count). The fourth-order valence-corrected chi connectivity index (χ4v) is 1.97. The van der Waals surface area contributed by atoms with Gasteiger partial charge in [-0.15, -0.1) is 0 Å². The second-order valence-corrected chi connectivity index (χ2v) is 4.19. The number of ether oxygens (including phenoxy) is 1. The molecule has 5 heteroatoms. The summed E-state index contributed by atoms with van der Waals surface area (Å²) in [7, 11) is 3.10. The summed E-state index contributed by atoms with van der Waals surface area (Å²) in [5, 5.41) is 0. The largest absolute Gasteiger partial charge is 0.464 e. The van der Waals surface area contributed by atoms with Crippen molar-refractivity contribution in [3.05, 3.63) is 47.7 Å². The molecule has 98 valence electrons. The van der Waals surface area contributed by atoms with Crippen LogP contribution in [0.25, 0.3) is 11.3 Å². The maximum atomic E-state index is 13.2. The number of methoxy groups -OCH3 is 1. The summed E-state index contributed by atoms with van der Waals surface area (Å²) in [6.45, 7) is 1.78. The number of nitrogens with zero attached hydrogens (tertiary/aromatic N) is 2. The summed E-state index contributed by atoms with van der Waals surface area (Å²) in [6.07, 6.45) is 3.25. The number of halogens is 1. The Kier molecular flexibility index (Phi) is 3.55. The fraction of sp³-hybridized carbons (Fsp3) is 0.214. The van der Waals surface area contributed by atoms with Crippen molar-refractivity contribution in [1.29, 1.82) is 0 Å². The molecule has 0 bridgehead atoms. The first-order valence-electron chi connectivity index (χ1n) is 5.74. The van der Waals surface area contributed by atoms with E-state index in [9.17, 15) is 9.18 Å². The van der Waals surface area contributed by atoms with Gasteiger partial charge in [0.1, 0.15) is 12.9 Å². The maximum absolute atomic E-state index is 13.2. The van der Waals surface area contributed by atoms with E-state index in [1.807, 2.05) is 0 Å². The van der Waals surface area contributed by atoms with E-state index in [0.717, 1.165) is 11.1 Å². The van der Waals surface area contributed by atoms with Gasteiger partial charge >= 0.3 is 5.97 Å². The van der Waals surface area contributed by atoms with Gasteiger partial charge in [0.25, 0.3) is 0 Å². The van der Waals surface area contributed by atoms with Crippen LogP contribution in [-0.4, -0.2) is 18.1 Å². The molecular weight excluding hydrogens is 247 g/mol. The van der Waals surface area contributed by atoms with Gasteiger partial charge in [-0.2, -0.15) is 4.57 Å². The number of carbonyl (C=O) groups is 1. The Hall–Kier alpha value is -2.30. The summed E-state index contributed by atoms with van der Waals surface area (Å²) >= 11 is 0.